The SMILES string of the molecule is CCn1c(SCC(=O)Nc2cccc(OC)c2)nnc1[C@@H](NC(=O)c1ccccc1)C(C)C. The molecule has 8 nitrogen and oxygen atoms in total. The number of hydrogen-bond donors (Lipinski definition) is 2. The van der Waals surface area contributed by atoms with Crippen LogP contribution in [0.1, 0.15) is 43.0 Å². The van der Waals surface area contributed by atoms with E-state index < -0.39 is 0 Å². The number of thioether (sulfide) groups is 1. The van der Waals surface area contributed by atoms with Gasteiger partial charge in [0.2, 0.25) is 5.91 Å². The van der Waals surface area contributed by atoms with Crippen molar-refractivity contribution in [1.82, 2.24) is 20.1 Å². The standard InChI is InChI=1S/C24H29N5O3S/c1-5-29-22(21(16(2)3)26-23(31)17-10-7-6-8-11-17)27-28-24(29)33-15-20(30)25-18-12-9-13-19(14-18)32-4/h6-14,16,21H,5,15H2,1-4H3,(H,25,30)(H,26,31)/t21-/m0/s1. The van der Waals surface area contributed by atoms with Crippen LogP contribution in [0.25, 0.3) is 0 Å². The fraction of sp³-hybridized carbons (Fsp3) is 0.333. The quantitative estimate of drug-likeness (QED) is 0.435. The van der Waals surface area contributed by atoms with Crippen LogP contribution in [-0.4, -0.2) is 39.4 Å². The van der Waals surface area contributed by atoms with Gasteiger partial charge in [-0.25, -0.2) is 0 Å². The number of nitrogens with zero attached hydrogens (tertiary/aromatic N) is 3. The molecule has 2 aromatic carbocycles. The highest BCUT2D eigenvalue weighted by Gasteiger charge is 2.26. The zero-order valence-electron chi connectivity index (χ0n) is 19.2. The number of carbonyl (C=O) groups is 2. The number of ether oxygens (including phenoxy) is 1. The Morgan fingerprint density at radius 3 is 2.52 bits per heavy atom. The molecule has 174 valence electrons. The predicted octanol–water partition coefficient (Wildman–Crippen LogP) is 4.16. The minimum Gasteiger partial charge on any atom is -0.497 e. The van der Waals surface area contributed by atoms with Gasteiger partial charge in [-0.1, -0.05) is 49.9 Å². The van der Waals surface area contributed by atoms with Gasteiger partial charge >= 0.3 is 0 Å². The molecular weight excluding hydrogens is 438 g/mol. The number of aromatic nitrogens is 3. The van der Waals surface area contributed by atoms with E-state index in [0.717, 1.165) is 0 Å². The largest absolute Gasteiger partial charge is 0.497 e. The van der Waals surface area contributed by atoms with Crippen molar-refractivity contribution in [1.29, 1.82) is 0 Å². The van der Waals surface area contributed by atoms with E-state index in [1.807, 2.05) is 55.7 Å². The number of methoxy groups -OCH3 is 1. The van der Waals surface area contributed by atoms with E-state index in [4.69, 9.17) is 4.74 Å². The van der Waals surface area contributed by atoms with Gasteiger partial charge in [-0.2, -0.15) is 0 Å². The lowest BCUT2D eigenvalue weighted by atomic mass is 10.0. The first-order valence-corrected chi connectivity index (χ1v) is 11.8. The lowest BCUT2D eigenvalue weighted by molar-refractivity contribution is -0.113. The number of nitrogens with one attached hydrogen (secondary N) is 2. The molecule has 0 unspecified atom stereocenters. The van der Waals surface area contributed by atoms with Gasteiger partial charge in [-0.3, -0.25) is 9.59 Å². The lowest BCUT2D eigenvalue weighted by Gasteiger charge is -2.22. The topological polar surface area (TPSA) is 98.1 Å². The summed E-state index contributed by atoms with van der Waals surface area (Å²) in [7, 11) is 1.58. The van der Waals surface area contributed by atoms with E-state index in [1.165, 1.54) is 11.8 Å². The minimum absolute atomic E-state index is 0.0985. The van der Waals surface area contributed by atoms with Gasteiger partial charge in [-0.15, -0.1) is 10.2 Å². The van der Waals surface area contributed by atoms with Gasteiger partial charge in [0.25, 0.3) is 5.91 Å². The molecule has 0 aliphatic heterocycles. The third-order valence-corrected chi connectivity index (χ3v) is 5.98. The fourth-order valence-electron chi connectivity index (χ4n) is 3.31. The Balaban J connectivity index is 1.69. The monoisotopic (exact) mass is 467 g/mol. The molecule has 1 heterocycles. The maximum atomic E-state index is 12.7. The van der Waals surface area contributed by atoms with Crippen LogP contribution in [0.3, 0.4) is 0 Å². The summed E-state index contributed by atoms with van der Waals surface area (Å²) in [6.45, 7) is 6.66. The maximum Gasteiger partial charge on any atom is 0.251 e. The molecule has 0 aliphatic carbocycles. The van der Waals surface area contributed by atoms with E-state index >= 15 is 0 Å². The van der Waals surface area contributed by atoms with E-state index in [2.05, 4.69) is 20.8 Å². The first-order valence-electron chi connectivity index (χ1n) is 10.8. The van der Waals surface area contributed by atoms with Crippen molar-refractivity contribution < 1.29 is 14.3 Å². The Hall–Kier alpha value is -3.33. The van der Waals surface area contributed by atoms with Crippen molar-refractivity contribution in [3.63, 3.8) is 0 Å². The molecule has 0 bridgehead atoms. The van der Waals surface area contributed by atoms with Crippen LogP contribution >= 0.6 is 11.8 Å². The maximum absolute atomic E-state index is 12.7. The van der Waals surface area contributed by atoms with Crippen molar-refractivity contribution in [3.8, 4) is 5.75 Å². The summed E-state index contributed by atoms with van der Waals surface area (Å²) >= 11 is 1.31. The molecule has 0 spiro atoms. The average Bonchev–Trinajstić information content (AvgIpc) is 3.24. The van der Waals surface area contributed by atoms with Crippen LogP contribution in [0.5, 0.6) is 5.75 Å². The highest BCUT2D eigenvalue weighted by Crippen LogP contribution is 2.26. The summed E-state index contributed by atoms with van der Waals surface area (Å²) in [5, 5.41) is 15.2. The Labute approximate surface area is 198 Å². The molecule has 33 heavy (non-hydrogen) atoms. The summed E-state index contributed by atoms with van der Waals surface area (Å²) in [4.78, 5) is 25.2. The summed E-state index contributed by atoms with van der Waals surface area (Å²) < 4.78 is 7.13. The fourth-order valence-corrected chi connectivity index (χ4v) is 4.11. The highest BCUT2D eigenvalue weighted by atomic mass is 32.2. The van der Waals surface area contributed by atoms with Crippen LogP contribution < -0.4 is 15.4 Å². The molecule has 0 radical (unpaired) electrons. The molecule has 0 saturated carbocycles. The summed E-state index contributed by atoms with van der Waals surface area (Å²) in [5.41, 5.74) is 1.26. The Morgan fingerprint density at radius 1 is 1.09 bits per heavy atom. The number of hydrogen-bond acceptors (Lipinski definition) is 6. The van der Waals surface area contributed by atoms with Gasteiger partial charge in [0.15, 0.2) is 11.0 Å². The van der Waals surface area contributed by atoms with Crippen molar-refractivity contribution >= 4 is 29.3 Å². The summed E-state index contributed by atoms with van der Waals surface area (Å²) in [6, 6.07) is 16.0. The third-order valence-electron chi connectivity index (χ3n) is 5.01. The smallest absolute Gasteiger partial charge is 0.251 e. The molecule has 0 fully saturated rings. The first kappa shape index (κ1) is 24.3. The van der Waals surface area contributed by atoms with Crippen molar-refractivity contribution in [2.75, 3.05) is 18.2 Å². The van der Waals surface area contributed by atoms with Crippen LogP contribution in [0, 0.1) is 5.92 Å². The average molecular weight is 468 g/mol. The molecule has 9 heteroatoms. The lowest BCUT2D eigenvalue weighted by Crippen LogP contribution is -2.33. The molecule has 3 rings (SSSR count). The first-order chi connectivity index (χ1) is 15.9. The zero-order chi connectivity index (χ0) is 23.8. The van der Waals surface area contributed by atoms with Gasteiger partial charge in [0, 0.05) is 23.9 Å². The van der Waals surface area contributed by atoms with Crippen LogP contribution in [0.2, 0.25) is 0 Å². The number of rotatable bonds is 10. The second-order valence-corrected chi connectivity index (χ2v) is 8.66. The molecule has 1 atom stereocenters. The molecule has 0 aliphatic rings. The van der Waals surface area contributed by atoms with E-state index in [0.29, 0.717) is 34.5 Å². The Bertz CT molecular complexity index is 1080. The second kappa shape index (κ2) is 11.5. The van der Waals surface area contributed by atoms with Gasteiger partial charge < -0.3 is 19.9 Å². The van der Waals surface area contributed by atoms with E-state index in [-0.39, 0.29) is 29.5 Å². The van der Waals surface area contributed by atoms with Crippen LogP contribution in [0.15, 0.2) is 59.8 Å². The van der Waals surface area contributed by atoms with E-state index in [1.54, 1.807) is 31.4 Å². The number of amides is 2. The third kappa shape index (κ3) is 6.35. The van der Waals surface area contributed by atoms with E-state index in [9.17, 15) is 9.59 Å². The molecule has 3 aromatic rings. The minimum atomic E-state index is -0.315. The van der Waals surface area contributed by atoms with Crippen LogP contribution in [0.4, 0.5) is 5.69 Å². The highest BCUT2D eigenvalue weighted by molar-refractivity contribution is 7.99. The number of anilines is 1. The van der Waals surface area contributed by atoms with Crippen LogP contribution in [-0.2, 0) is 11.3 Å². The zero-order valence-corrected chi connectivity index (χ0v) is 20.1. The summed E-state index contributed by atoms with van der Waals surface area (Å²) in [6.07, 6.45) is 0. The molecular formula is C24H29N5O3S. The van der Waals surface area contributed by atoms with Gasteiger partial charge in [0.05, 0.1) is 18.9 Å². The normalized spacial score (nSPS) is 11.8. The Kier molecular flexibility index (Phi) is 8.48. The molecule has 1 aromatic heterocycles. The second-order valence-electron chi connectivity index (χ2n) is 7.72. The predicted molar refractivity (Wildman–Crippen MR) is 130 cm³/mol. The van der Waals surface area contributed by atoms with Gasteiger partial charge in [0.1, 0.15) is 5.75 Å². The molecule has 2 amide bonds. The van der Waals surface area contributed by atoms with Crippen molar-refractivity contribution in [2.24, 2.45) is 5.92 Å². The van der Waals surface area contributed by atoms with Gasteiger partial charge in [-0.05, 0) is 37.1 Å². The Morgan fingerprint density at radius 2 is 1.85 bits per heavy atom. The molecule has 2 N–H and O–H groups in total. The number of benzene rings is 2. The van der Waals surface area contributed by atoms with Crippen molar-refractivity contribution in [2.45, 2.75) is 38.5 Å². The molecule has 0 saturated heterocycles. The number of carbonyl (C=O) groups excluding carboxylic acids is 2. The summed E-state index contributed by atoms with van der Waals surface area (Å²) in [5.74, 6) is 1.31. The van der Waals surface area contributed by atoms with Crippen molar-refractivity contribution in [3.05, 3.63) is 66.0 Å².